The van der Waals surface area contributed by atoms with Crippen molar-refractivity contribution in [2.24, 2.45) is 0 Å². The molecule has 76 valence electrons. The monoisotopic (exact) mass is 305 g/mol. The highest BCUT2D eigenvalue weighted by Crippen LogP contribution is 2.30. The highest BCUT2D eigenvalue weighted by atomic mass is 127. The summed E-state index contributed by atoms with van der Waals surface area (Å²) in [4.78, 5) is 0. The van der Waals surface area contributed by atoms with Gasteiger partial charge in [-0.05, 0) is 41.9 Å². The Morgan fingerprint density at radius 2 is 2.14 bits per heavy atom. The van der Waals surface area contributed by atoms with Gasteiger partial charge in [0.05, 0.1) is 12.7 Å². The van der Waals surface area contributed by atoms with Crippen LogP contribution in [0.25, 0.3) is 0 Å². The van der Waals surface area contributed by atoms with E-state index in [1.54, 1.807) is 13.3 Å². The Hall–Kier alpha value is -0.520. The van der Waals surface area contributed by atoms with Crippen LogP contribution in [0.3, 0.4) is 0 Å². The van der Waals surface area contributed by atoms with Gasteiger partial charge in [-0.1, -0.05) is 0 Å². The van der Waals surface area contributed by atoms with E-state index in [1.807, 2.05) is 0 Å². The van der Waals surface area contributed by atoms with Gasteiger partial charge in [0.1, 0.15) is 9.32 Å². The SMILES string of the molecule is COc1c(I)c[n+]([O-])c2c1CCCC2. The van der Waals surface area contributed by atoms with Crippen LogP contribution in [0.2, 0.25) is 0 Å². The number of halogens is 1. The molecule has 0 aliphatic heterocycles. The third-order valence-corrected chi connectivity index (χ3v) is 3.40. The highest BCUT2D eigenvalue weighted by Gasteiger charge is 2.24. The number of methoxy groups -OCH3 is 1. The van der Waals surface area contributed by atoms with Crippen molar-refractivity contribution >= 4 is 22.6 Å². The van der Waals surface area contributed by atoms with Crippen molar-refractivity contribution in [1.29, 1.82) is 0 Å². The number of aromatic nitrogens is 1. The molecule has 1 aliphatic rings. The molecule has 0 atom stereocenters. The van der Waals surface area contributed by atoms with Crippen LogP contribution in [0.5, 0.6) is 5.75 Å². The predicted molar refractivity (Wildman–Crippen MR) is 61.3 cm³/mol. The summed E-state index contributed by atoms with van der Waals surface area (Å²) < 4.78 is 7.24. The van der Waals surface area contributed by atoms with Crippen LogP contribution in [0, 0.1) is 8.78 Å². The fourth-order valence-corrected chi connectivity index (χ4v) is 2.78. The molecule has 14 heavy (non-hydrogen) atoms. The summed E-state index contributed by atoms with van der Waals surface area (Å²) in [5.41, 5.74) is 2.01. The molecule has 1 aromatic heterocycles. The van der Waals surface area contributed by atoms with Gasteiger partial charge in [0.25, 0.3) is 0 Å². The molecule has 0 amide bonds. The number of hydrogen-bond acceptors (Lipinski definition) is 2. The lowest BCUT2D eigenvalue weighted by Gasteiger charge is -2.18. The Kier molecular flexibility index (Phi) is 2.80. The van der Waals surface area contributed by atoms with Crippen LogP contribution < -0.4 is 9.47 Å². The number of ether oxygens (including phenoxy) is 1. The van der Waals surface area contributed by atoms with Crippen molar-refractivity contribution in [2.45, 2.75) is 25.7 Å². The van der Waals surface area contributed by atoms with Crippen LogP contribution in [0.1, 0.15) is 24.1 Å². The Labute approximate surface area is 96.8 Å². The number of pyridine rings is 1. The third kappa shape index (κ3) is 1.55. The van der Waals surface area contributed by atoms with Crippen molar-refractivity contribution in [2.75, 3.05) is 7.11 Å². The Morgan fingerprint density at radius 3 is 2.86 bits per heavy atom. The zero-order valence-corrected chi connectivity index (χ0v) is 10.2. The van der Waals surface area contributed by atoms with Gasteiger partial charge >= 0.3 is 0 Å². The molecule has 0 saturated heterocycles. The Bertz CT molecular complexity index is 345. The van der Waals surface area contributed by atoms with Crippen LogP contribution in [-0.2, 0) is 12.8 Å². The fourth-order valence-electron chi connectivity index (χ4n) is 1.98. The smallest absolute Gasteiger partial charge is 0.199 e. The average Bonchev–Trinajstić information content (AvgIpc) is 2.18. The van der Waals surface area contributed by atoms with Gasteiger partial charge in [-0.25, -0.2) is 0 Å². The topological polar surface area (TPSA) is 36.2 Å². The third-order valence-electron chi connectivity index (χ3n) is 2.63. The maximum atomic E-state index is 11.6. The van der Waals surface area contributed by atoms with Crippen LogP contribution in [-0.4, -0.2) is 7.11 Å². The Balaban J connectivity index is 2.61. The van der Waals surface area contributed by atoms with Crippen LogP contribution in [0.4, 0.5) is 0 Å². The van der Waals surface area contributed by atoms with Crippen molar-refractivity contribution in [3.05, 3.63) is 26.2 Å². The maximum absolute atomic E-state index is 11.6. The second kappa shape index (κ2) is 3.92. The van der Waals surface area contributed by atoms with Crippen LogP contribution in [0.15, 0.2) is 6.20 Å². The first-order valence-corrected chi connectivity index (χ1v) is 5.79. The first-order valence-electron chi connectivity index (χ1n) is 4.71. The molecule has 0 radical (unpaired) electrons. The van der Waals surface area contributed by atoms with E-state index in [2.05, 4.69) is 22.6 Å². The molecule has 0 N–H and O–H groups in total. The van der Waals surface area contributed by atoms with E-state index >= 15 is 0 Å². The van der Waals surface area contributed by atoms with E-state index < -0.39 is 0 Å². The second-order valence-electron chi connectivity index (χ2n) is 3.47. The molecule has 1 aliphatic carbocycles. The first-order chi connectivity index (χ1) is 6.74. The molecular formula is C10H12INO2. The molecule has 4 heteroatoms. The minimum Gasteiger partial charge on any atom is -0.618 e. The summed E-state index contributed by atoms with van der Waals surface area (Å²) in [5.74, 6) is 0.896. The van der Waals surface area contributed by atoms with E-state index in [1.165, 1.54) is 0 Å². The zero-order chi connectivity index (χ0) is 10.1. The molecular weight excluding hydrogens is 293 g/mol. The zero-order valence-electron chi connectivity index (χ0n) is 8.05. The molecule has 0 bridgehead atoms. The minimum atomic E-state index is 0.881. The molecule has 0 fully saturated rings. The molecule has 0 saturated carbocycles. The maximum Gasteiger partial charge on any atom is 0.199 e. The van der Waals surface area contributed by atoms with E-state index in [0.717, 1.165) is 51.0 Å². The molecule has 3 nitrogen and oxygen atoms in total. The van der Waals surface area contributed by atoms with Gasteiger partial charge in [-0.2, -0.15) is 4.73 Å². The normalized spacial score (nSPS) is 15.0. The number of nitrogens with zero attached hydrogens (tertiary/aromatic N) is 1. The van der Waals surface area contributed by atoms with E-state index in [9.17, 15) is 5.21 Å². The lowest BCUT2D eigenvalue weighted by atomic mass is 9.95. The number of rotatable bonds is 1. The van der Waals surface area contributed by atoms with Crippen LogP contribution >= 0.6 is 22.6 Å². The quantitative estimate of drug-likeness (QED) is 0.451. The summed E-state index contributed by atoms with van der Waals surface area (Å²) in [6.07, 6.45) is 5.72. The van der Waals surface area contributed by atoms with Crippen molar-refractivity contribution in [1.82, 2.24) is 0 Å². The summed E-state index contributed by atoms with van der Waals surface area (Å²) >= 11 is 2.15. The average molecular weight is 305 g/mol. The highest BCUT2D eigenvalue weighted by molar-refractivity contribution is 14.1. The molecule has 0 unspecified atom stereocenters. The fraction of sp³-hybridized carbons (Fsp3) is 0.500. The van der Waals surface area contributed by atoms with Gasteiger partial charge < -0.3 is 9.94 Å². The van der Waals surface area contributed by atoms with Gasteiger partial charge in [0.15, 0.2) is 11.9 Å². The van der Waals surface area contributed by atoms with Crippen molar-refractivity contribution < 1.29 is 9.47 Å². The van der Waals surface area contributed by atoms with Gasteiger partial charge in [-0.15, -0.1) is 0 Å². The molecule has 0 aromatic carbocycles. The van der Waals surface area contributed by atoms with Crippen molar-refractivity contribution in [3.63, 3.8) is 0 Å². The standard InChI is InChI=1S/C10H12INO2/c1-14-10-7-4-2-3-5-9(7)12(13)6-8(10)11/h6H,2-5H2,1H3. The second-order valence-corrected chi connectivity index (χ2v) is 4.63. The molecule has 1 heterocycles. The molecule has 0 spiro atoms. The minimum absolute atomic E-state index is 0.881. The predicted octanol–water partition coefficient (Wildman–Crippen LogP) is 1.81. The van der Waals surface area contributed by atoms with E-state index in [0.29, 0.717) is 0 Å². The Morgan fingerprint density at radius 1 is 1.43 bits per heavy atom. The lowest BCUT2D eigenvalue weighted by Crippen LogP contribution is -2.35. The molecule has 1 aromatic rings. The van der Waals surface area contributed by atoms with Crippen molar-refractivity contribution in [3.8, 4) is 5.75 Å². The van der Waals surface area contributed by atoms with Gasteiger partial charge in [0.2, 0.25) is 0 Å². The molecule has 2 rings (SSSR count). The largest absolute Gasteiger partial charge is 0.618 e. The van der Waals surface area contributed by atoms with Gasteiger partial charge in [0, 0.05) is 6.42 Å². The number of fused-ring (bicyclic) bond motifs is 1. The van der Waals surface area contributed by atoms with E-state index in [-0.39, 0.29) is 0 Å². The summed E-state index contributed by atoms with van der Waals surface area (Å²) in [6, 6.07) is 0. The first kappa shape index (κ1) is 10.0. The summed E-state index contributed by atoms with van der Waals surface area (Å²) in [7, 11) is 1.67. The summed E-state index contributed by atoms with van der Waals surface area (Å²) in [6.45, 7) is 0. The summed E-state index contributed by atoms with van der Waals surface area (Å²) in [5, 5.41) is 11.6. The van der Waals surface area contributed by atoms with E-state index in [4.69, 9.17) is 4.74 Å². The number of hydrogen-bond donors (Lipinski definition) is 0. The lowest BCUT2D eigenvalue weighted by molar-refractivity contribution is -0.615. The van der Waals surface area contributed by atoms with Gasteiger partial charge in [-0.3, -0.25) is 0 Å².